The molecule has 2 atom stereocenters. The van der Waals surface area contributed by atoms with Crippen LogP contribution in [0.4, 0.5) is 5.13 Å². The van der Waals surface area contributed by atoms with E-state index in [-0.39, 0.29) is 34.7 Å². The van der Waals surface area contributed by atoms with Crippen molar-refractivity contribution in [2.24, 2.45) is 5.16 Å². The van der Waals surface area contributed by atoms with Gasteiger partial charge in [-0.25, -0.2) is 14.6 Å². The number of anilines is 1. The third kappa shape index (κ3) is 5.19. The van der Waals surface area contributed by atoms with Crippen LogP contribution in [-0.2, 0) is 28.8 Å². The van der Waals surface area contributed by atoms with E-state index in [2.05, 4.69) is 26.2 Å². The van der Waals surface area contributed by atoms with Gasteiger partial charge in [0.05, 0.1) is 6.54 Å². The van der Waals surface area contributed by atoms with E-state index in [4.69, 9.17) is 17.3 Å². The number of nitrogens with zero attached hydrogens (tertiary/aromatic N) is 4. The maximum atomic E-state index is 13.0. The van der Waals surface area contributed by atoms with Gasteiger partial charge in [-0.1, -0.05) is 11.1 Å². The van der Waals surface area contributed by atoms with Crippen molar-refractivity contribution in [1.82, 2.24) is 20.1 Å². The molecule has 0 aliphatic carbocycles. The van der Waals surface area contributed by atoms with Crippen LogP contribution in [0.5, 0.6) is 0 Å². The van der Waals surface area contributed by atoms with Crippen molar-refractivity contribution in [2.75, 3.05) is 31.2 Å². The monoisotopic (exact) mass is 560 g/mol. The first-order chi connectivity index (χ1) is 18.1. The molecule has 1 aromatic heterocycles. The average molecular weight is 561 g/mol. The van der Waals surface area contributed by atoms with Crippen LogP contribution in [0, 0.1) is 12.3 Å². The van der Waals surface area contributed by atoms with Crippen molar-refractivity contribution < 1.29 is 39.0 Å². The summed E-state index contributed by atoms with van der Waals surface area (Å²) < 4.78 is 0. The Hall–Kier alpha value is -4.36. The number of aromatic nitrogens is 1. The Bertz CT molecular complexity index is 1360. The maximum absolute atomic E-state index is 13.0. The standard InChI is InChI=1S/C22H20N6O8S2/c1-2-4-27-5-3-10(18(27)32)6-11-8-37-20-15(19(33)28(20)16(11)21(34)35)25-17(31)14(26-36-7-13(29)30)12-9-38-22(23)24-12/h1,6,9,15,20H,3-5,7-8H2,(H2,23,24)(H,25,31)(H,29,30)(H,34,35)/b10-6+,26-14-/t15-,20-/m1/s1. The zero-order valence-corrected chi connectivity index (χ0v) is 21.1. The fourth-order valence-electron chi connectivity index (χ4n) is 3.99. The van der Waals surface area contributed by atoms with Gasteiger partial charge in [0.25, 0.3) is 17.7 Å². The fourth-order valence-corrected chi connectivity index (χ4v) is 5.84. The van der Waals surface area contributed by atoms with Gasteiger partial charge in [0.1, 0.15) is 22.8 Å². The van der Waals surface area contributed by atoms with Crippen molar-refractivity contribution in [3.05, 3.63) is 34.0 Å². The number of hydrogen-bond donors (Lipinski definition) is 4. The number of thiazole rings is 1. The summed E-state index contributed by atoms with van der Waals surface area (Å²) in [6.07, 6.45) is 7.16. The molecule has 4 rings (SSSR count). The van der Waals surface area contributed by atoms with Crippen LogP contribution >= 0.6 is 23.1 Å². The van der Waals surface area contributed by atoms with Crippen molar-refractivity contribution in [3.8, 4) is 12.3 Å². The molecule has 5 N–H and O–H groups in total. The van der Waals surface area contributed by atoms with Crippen molar-refractivity contribution in [2.45, 2.75) is 17.8 Å². The maximum Gasteiger partial charge on any atom is 0.352 e. The molecular formula is C22H20N6O8S2. The summed E-state index contributed by atoms with van der Waals surface area (Å²) in [6.45, 7) is -0.259. The van der Waals surface area contributed by atoms with Crippen molar-refractivity contribution in [1.29, 1.82) is 0 Å². The number of hydrogen-bond acceptors (Lipinski definition) is 11. The molecule has 1 aromatic rings. The predicted molar refractivity (Wildman–Crippen MR) is 134 cm³/mol. The van der Waals surface area contributed by atoms with Gasteiger partial charge < -0.3 is 31.0 Å². The molecule has 4 heterocycles. The minimum Gasteiger partial charge on any atom is -0.479 e. The lowest BCUT2D eigenvalue weighted by atomic mass is 10.0. The van der Waals surface area contributed by atoms with Crippen LogP contribution in [-0.4, -0.2) is 97.2 Å². The number of rotatable bonds is 9. The summed E-state index contributed by atoms with van der Waals surface area (Å²) in [6, 6.07) is -1.10. The number of nitrogens with one attached hydrogen (secondary N) is 1. The van der Waals surface area contributed by atoms with E-state index in [9.17, 15) is 29.1 Å². The molecule has 0 aromatic carbocycles. The lowest BCUT2D eigenvalue weighted by molar-refractivity contribution is -0.150. The highest BCUT2D eigenvalue weighted by Crippen LogP contribution is 2.41. The molecule has 3 amide bonds. The van der Waals surface area contributed by atoms with E-state index in [1.807, 2.05) is 0 Å². The summed E-state index contributed by atoms with van der Waals surface area (Å²) in [5, 5.41) is 25.5. The average Bonchev–Trinajstić information content (AvgIpc) is 3.45. The van der Waals surface area contributed by atoms with Gasteiger partial charge in [-0.3, -0.25) is 19.3 Å². The smallest absolute Gasteiger partial charge is 0.352 e. The molecule has 2 fully saturated rings. The first-order valence-electron chi connectivity index (χ1n) is 10.9. The molecular weight excluding hydrogens is 540 g/mol. The van der Waals surface area contributed by atoms with Gasteiger partial charge in [0, 0.05) is 23.3 Å². The Balaban J connectivity index is 1.54. The molecule has 14 nitrogen and oxygen atoms in total. The normalized spacial score (nSPS) is 22.2. The third-order valence-electron chi connectivity index (χ3n) is 5.65. The number of oxime groups is 1. The number of fused-ring (bicyclic) bond motifs is 1. The zero-order chi connectivity index (χ0) is 27.6. The fraction of sp³-hybridized carbons (Fsp3) is 0.318. The number of carboxylic acid groups (broad SMARTS) is 2. The van der Waals surface area contributed by atoms with Gasteiger partial charge in [0.15, 0.2) is 10.8 Å². The number of allylic oxidation sites excluding steroid dienone is 1. The summed E-state index contributed by atoms with van der Waals surface area (Å²) in [5.41, 5.74) is 5.64. The number of likely N-dealkylation sites (tertiary alicyclic amines) is 1. The SMILES string of the molecule is C#CCN1CC/C(=C\C2=C(C(=O)O)N3C(=O)[C@@H](NC(=O)/C(=N\OCC(=O)O)c4csc(N)n4)[C@H]3SC2)C1=O. The lowest BCUT2D eigenvalue weighted by Gasteiger charge is -2.49. The molecule has 3 aliphatic rings. The highest BCUT2D eigenvalue weighted by atomic mass is 32.2. The number of carboxylic acids is 2. The molecule has 0 radical (unpaired) electrons. The molecule has 16 heteroatoms. The van der Waals surface area contributed by atoms with E-state index >= 15 is 0 Å². The molecule has 3 aliphatic heterocycles. The number of nitrogens with two attached hydrogens (primary N) is 1. The number of carbonyl (C=O) groups excluding carboxylic acids is 3. The van der Waals surface area contributed by atoms with Crippen LogP contribution in [0.15, 0.2) is 33.5 Å². The Kier molecular flexibility index (Phi) is 7.69. The van der Waals surface area contributed by atoms with Gasteiger partial charge in [-0.2, -0.15) is 0 Å². The highest BCUT2D eigenvalue weighted by molar-refractivity contribution is 8.00. The first kappa shape index (κ1) is 26.7. The molecule has 0 spiro atoms. The summed E-state index contributed by atoms with van der Waals surface area (Å²) in [4.78, 5) is 72.5. The zero-order valence-electron chi connectivity index (χ0n) is 19.4. The molecule has 0 unspecified atom stereocenters. The van der Waals surface area contributed by atoms with Crippen molar-refractivity contribution in [3.63, 3.8) is 0 Å². The van der Waals surface area contributed by atoms with Gasteiger partial charge >= 0.3 is 11.9 Å². The topological polar surface area (TPSA) is 205 Å². The lowest BCUT2D eigenvalue weighted by Crippen LogP contribution is -2.71. The third-order valence-corrected chi connectivity index (χ3v) is 7.63. The largest absolute Gasteiger partial charge is 0.479 e. The van der Waals surface area contributed by atoms with E-state index in [1.54, 1.807) is 0 Å². The molecule has 198 valence electrons. The second kappa shape index (κ2) is 10.9. The Morgan fingerprint density at radius 2 is 2.13 bits per heavy atom. The summed E-state index contributed by atoms with van der Waals surface area (Å²) >= 11 is 2.22. The number of β-lactam (4-membered cyclic amide) rings is 1. The van der Waals surface area contributed by atoms with E-state index in [0.29, 0.717) is 24.1 Å². The van der Waals surface area contributed by atoms with Gasteiger partial charge in [-0.15, -0.1) is 29.5 Å². The van der Waals surface area contributed by atoms with Crippen LogP contribution < -0.4 is 11.1 Å². The minimum atomic E-state index is -1.35. The van der Waals surface area contributed by atoms with Gasteiger partial charge in [0.2, 0.25) is 6.61 Å². The number of nitrogen functional groups attached to an aromatic ring is 1. The number of terminal acetylenes is 1. The summed E-state index contributed by atoms with van der Waals surface area (Å²) in [7, 11) is 0. The molecule has 0 bridgehead atoms. The van der Waals surface area contributed by atoms with Crippen LogP contribution in [0.2, 0.25) is 0 Å². The van der Waals surface area contributed by atoms with E-state index in [0.717, 1.165) is 16.2 Å². The van der Waals surface area contributed by atoms with Crippen LogP contribution in [0.25, 0.3) is 0 Å². The molecule has 2 saturated heterocycles. The van der Waals surface area contributed by atoms with E-state index in [1.165, 1.54) is 28.1 Å². The Morgan fingerprint density at radius 1 is 1.37 bits per heavy atom. The summed E-state index contributed by atoms with van der Waals surface area (Å²) in [5.74, 6) is -1.96. The minimum absolute atomic E-state index is 0.00968. The van der Waals surface area contributed by atoms with Gasteiger partial charge in [-0.05, 0) is 18.1 Å². The van der Waals surface area contributed by atoms with Crippen LogP contribution in [0.3, 0.4) is 0 Å². The molecule has 38 heavy (non-hydrogen) atoms. The van der Waals surface area contributed by atoms with Crippen LogP contribution in [0.1, 0.15) is 12.1 Å². The quantitative estimate of drug-likeness (QED) is 0.0953. The number of carbonyl (C=O) groups is 5. The molecule has 0 saturated carbocycles. The Morgan fingerprint density at radius 3 is 2.76 bits per heavy atom. The number of aliphatic carboxylic acids is 2. The number of thioether (sulfide) groups is 1. The Labute approximate surface area is 223 Å². The van der Waals surface area contributed by atoms with E-state index < -0.39 is 47.5 Å². The number of amides is 3. The first-order valence-corrected chi connectivity index (χ1v) is 12.8. The predicted octanol–water partition coefficient (Wildman–Crippen LogP) is -0.939. The van der Waals surface area contributed by atoms with Crippen molar-refractivity contribution >= 4 is 63.6 Å². The highest BCUT2D eigenvalue weighted by Gasteiger charge is 2.54. The second-order valence-electron chi connectivity index (χ2n) is 8.07. The second-order valence-corrected chi connectivity index (χ2v) is 10.1.